The second-order valence-electron chi connectivity index (χ2n) is 4.60. The molecule has 3 rings (SSSR count). The van der Waals surface area contributed by atoms with Gasteiger partial charge in [-0.25, -0.2) is 13.8 Å². The quantitative estimate of drug-likeness (QED) is 0.765. The average molecular weight is 352 g/mol. The van der Waals surface area contributed by atoms with Crippen molar-refractivity contribution in [2.45, 2.75) is 13.3 Å². The molecule has 1 aromatic carbocycles. The molecule has 1 N–H and O–H groups in total. The lowest BCUT2D eigenvalue weighted by Crippen LogP contribution is -2.12. The molecule has 23 heavy (non-hydrogen) atoms. The summed E-state index contributed by atoms with van der Waals surface area (Å²) in [5, 5.41) is 11.2. The Balaban J connectivity index is 1.74. The number of benzene rings is 1. The van der Waals surface area contributed by atoms with Crippen LogP contribution in [0, 0.1) is 6.92 Å². The summed E-state index contributed by atoms with van der Waals surface area (Å²) in [4.78, 5) is 16.3. The summed E-state index contributed by atoms with van der Waals surface area (Å²) < 4.78 is 24.9. The van der Waals surface area contributed by atoms with Crippen LogP contribution in [0.1, 0.15) is 27.5 Å². The first kappa shape index (κ1) is 15.6. The minimum absolute atomic E-state index is 0.0233. The lowest BCUT2D eigenvalue weighted by molar-refractivity contribution is 0.102. The van der Waals surface area contributed by atoms with Crippen LogP contribution in [0.5, 0.6) is 0 Å². The summed E-state index contributed by atoms with van der Waals surface area (Å²) >= 11 is 1.97. The Morgan fingerprint density at radius 1 is 1.22 bits per heavy atom. The first-order valence-electron chi connectivity index (χ1n) is 6.48. The lowest BCUT2D eigenvalue weighted by atomic mass is 10.2. The van der Waals surface area contributed by atoms with Crippen molar-refractivity contribution in [1.82, 2.24) is 15.2 Å². The number of nitrogens with zero attached hydrogens (tertiary/aromatic N) is 3. The van der Waals surface area contributed by atoms with Crippen LogP contribution < -0.4 is 5.32 Å². The zero-order valence-electron chi connectivity index (χ0n) is 11.8. The van der Waals surface area contributed by atoms with Crippen LogP contribution >= 0.6 is 22.7 Å². The number of alkyl halides is 2. The largest absolute Gasteiger partial charge is 0.295 e. The van der Waals surface area contributed by atoms with Gasteiger partial charge in [-0.2, -0.15) is 0 Å². The molecule has 118 valence electrons. The Morgan fingerprint density at radius 3 is 2.61 bits per heavy atom. The van der Waals surface area contributed by atoms with Gasteiger partial charge in [0.1, 0.15) is 10.7 Å². The van der Waals surface area contributed by atoms with Crippen molar-refractivity contribution >= 4 is 33.7 Å². The Hall–Kier alpha value is -2.26. The molecule has 1 amide bonds. The summed E-state index contributed by atoms with van der Waals surface area (Å²) in [6.07, 6.45) is -2.70. The van der Waals surface area contributed by atoms with E-state index in [1.54, 1.807) is 5.38 Å². The van der Waals surface area contributed by atoms with E-state index in [2.05, 4.69) is 20.5 Å². The molecule has 3 aromatic rings. The fourth-order valence-corrected chi connectivity index (χ4v) is 3.14. The smallest absolute Gasteiger partial charge is 0.291 e. The monoisotopic (exact) mass is 352 g/mol. The van der Waals surface area contributed by atoms with Crippen LogP contribution in [0.15, 0.2) is 29.6 Å². The lowest BCUT2D eigenvalue weighted by Gasteiger charge is -1.98. The van der Waals surface area contributed by atoms with Gasteiger partial charge in [0.05, 0.1) is 0 Å². The predicted octanol–water partition coefficient (Wildman–Crippen LogP) is 4.16. The number of thiazole rings is 1. The Labute approximate surface area is 138 Å². The summed E-state index contributed by atoms with van der Waals surface area (Å²) in [6, 6.07) is 7.78. The molecule has 0 radical (unpaired) electrons. The van der Waals surface area contributed by atoms with E-state index in [1.165, 1.54) is 11.3 Å². The minimum Gasteiger partial charge on any atom is -0.295 e. The number of amides is 1. The van der Waals surface area contributed by atoms with Gasteiger partial charge in [0, 0.05) is 10.9 Å². The van der Waals surface area contributed by atoms with Gasteiger partial charge in [-0.15, -0.1) is 21.5 Å². The zero-order chi connectivity index (χ0) is 16.4. The summed E-state index contributed by atoms with van der Waals surface area (Å²) in [6.45, 7) is 1.99. The van der Waals surface area contributed by atoms with Crippen molar-refractivity contribution < 1.29 is 13.6 Å². The second kappa shape index (κ2) is 6.47. The van der Waals surface area contributed by atoms with Crippen molar-refractivity contribution in [3.05, 3.63) is 45.9 Å². The van der Waals surface area contributed by atoms with E-state index >= 15 is 0 Å². The summed E-state index contributed by atoms with van der Waals surface area (Å²) in [5.74, 6) is -0.503. The average Bonchev–Trinajstić information content (AvgIpc) is 3.17. The van der Waals surface area contributed by atoms with Crippen molar-refractivity contribution in [2.24, 2.45) is 0 Å². The van der Waals surface area contributed by atoms with Gasteiger partial charge in [0.2, 0.25) is 5.13 Å². The van der Waals surface area contributed by atoms with E-state index in [0.717, 1.165) is 11.1 Å². The topological polar surface area (TPSA) is 67.8 Å². The highest BCUT2D eigenvalue weighted by molar-refractivity contribution is 7.15. The Morgan fingerprint density at radius 2 is 1.96 bits per heavy atom. The van der Waals surface area contributed by atoms with Crippen molar-refractivity contribution in [1.29, 1.82) is 0 Å². The predicted molar refractivity (Wildman–Crippen MR) is 85.1 cm³/mol. The number of hydrogen-bond donors (Lipinski definition) is 1. The van der Waals surface area contributed by atoms with E-state index in [1.807, 2.05) is 31.2 Å². The molecule has 0 atom stereocenters. The van der Waals surface area contributed by atoms with Gasteiger partial charge in [0.15, 0.2) is 5.01 Å². The molecular weight excluding hydrogens is 342 g/mol. The minimum atomic E-state index is -2.70. The molecule has 0 fully saturated rings. The number of hydrogen-bond acceptors (Lipinski definition) is 6. The summed E-state index contributed by atoms with van der Waals surface area (Å²) in [5.41, 5.74) is 2.25. The van der Waals surface area contributed by atoms with Crippen molar-refractivity contribution in [3.63, 3.8) is 0 Å². The third kappa shape index (κ3) is 3.57. The third-order valence-corrected chi connectivity index (χ3v) is 4.62. The molecule has 0 saturated heterocycles. The van der Waals surface area contributed by atoms with Crippen LogP contribution in [0.2, 0.25) is 0 Å². The third-order valence-electron chi connectivity index (χ3n) is 2.88. The number of carbonyl (C=O) groups excluding carboxylic acids is 1. The summed E-state index contributed by atoms with van der Waals surface area (Å²) in [7, 11) is 0. The van der Waals surface area contributed by atoms with E-state index in [-0.39, 0.29) is 10.8 Å². The van der Waals surface area contributed by atoms with E-state index in [0.29, 0.717) is 16.3 Å². The highest BCUT2D eigenvalue weighted by Crippen LogP contribution is 2.27. The number of nitrogens with one attached hydrogen (secondary N) is 1. The second-order valence-corrected chi connectivity index (χ2v) is 6.47. The van der Waals surface area contributed by atoms with Gasteiger partial charge < -0.3 is 0 Å². The standard InChI is InChI=1S/C14H10F2N4OS2/c1-7-2-4-8(5-3-7)12-17-9(6-22-12)11(21)18-14-20-19-13(23-14)10(15)16/h2-6,10H,1H3,(H,18,20,21). The van der Waals surface area contributed by atoms with Crippen LogP contribution in [0.25, 0.3) is 10.6 Å². The molecule has 0 aliphatic carbocycles. The maximum absolute atomic E-state index is 12.4. The van der Waals surface area contributed by atoms with Gasteiger partial charge in [-0.3, -0.25) is 10.1 Å². The molecule has 0 aliphatic rings. The molecule has 0 saturated carbocycles. The molecule has 0 unspecified atom stereocenters. The highest BCUT2D eigenvalue weighted by atomic mass is 32.1. The number of halogens is 2. The molecular formula is C14H10F2N4OS2. The van der Waals surface area contributed by atoms with Crippen molar-refractivity contribution in [3.8, 4) is 10.6 Å². The Bertz CT molecular complexity index is 829. The SMILES string of the molecule is Cc1ccc(-c2nc(C(=O)Nc3nnc(C(F)F)s3)cs2)cc1. The maximum atomic E-state index is 12.4. The molecule has 0 bridgehead atoms. The van der Waals surface area contributed by atoms with Crippen LogP contribution in [-0.2, 0) is 0 Å². The molecule has 5 nitrogen and oxygen atoms in total. The van der Waals surface area contributed by atoms with Crippen molar-refractivity contribution in [2.75, 3.05) is 5.32 Å². The first-order valence-corrected chi connectivity index (χ1v) is 8.18. The molecule has 2 heterocycles. The van der Waals surface area contributed by atoms with Crippen LogP contribution in [0.3, 0.4) is 0 Å². The number of carbonyl (C=O) groups is 1. The number of rotatable bonds is 4. The van der Waals surface area contributed by atoms with Gasteiger partial charge in [-0.1, -0.05) is 41.2 Å². The highest BCUT2D eigenvalue weighted by Gasteiger charge is 2.17. The van der Waals surface area contributed by atoms with E-state index in [4.69, 9.17) is 0 Å². The number of aryl methyl sites for hydroxylation is 1. The molecule has 0 aliphatic heterocycles. The normalized spacial score (nSPS) is 11.0. The fraction of sp³-hybridized carbons (Fsp3) is 0.143. The fourth-order valence-electron chi connectivity index (χ4n) is 1.74. The van der Waals surface area contributed by atoms with Crippen LogP contribution in [-0.4, -0.2) is 21.1 Å². The first-order chi connectivity index (χ1) is 11.0. The van der Waals surface area contributed by atoms with E-state index < -0.39 is 17.3 Å². The molecule has 9 heteroatoms. The van der Waals surface area contributed by atoms with Gasteiger partial charge in [0.25, 0.3) is 12.3 Å². The van der Waals surface area contributed by atoms with E-state index in [9.17, 15) is 13.6 Å². The molecule has 0 spiro atoms. The Kier molecular flexibility index (Phi) is 4.39. The molecule has 2 aromatic heterocycles. The zero-order valence-corrected chi connectivity index (χ0v) is 13.4. The number of aromatic nitrogens is 3. The van der Waals surface area contributed by atoms with Gasteiger partial charge in [-0.05, 0) is 6.92 Å². The van der Waals surface area contributed by atoms with Crippen LogP contribution in [0.4, 0.5) is 13.9 Å². The maximum Gasteiger partial charge on any atom is 0.291 e. The van der Waals surface area contributed by atoms with Gasteiger partial charge >= 0.3 is 0 Å². The number of anilines is 1.